The zero-order valence-corrected chi connectivity index (χ0v) is 8.64. The van der Waals surface area contributed by atoms with Crippen molar-refractivity contribution in [3.8, 4) is 11.5 Å². The summed E-state index contributed by atoms with van der Waals surface area (Å²) >= 11 is 0. The fraction of sp³-hybridized carbons (Fsp3) is 0.273. The number of rotatable bonds is 2. The molecule has 0 saturated heterocycles. The molecule has 2 aromatic rings. The van der Waals surface area contributed by atoms with Crippen LogP contribution in [0.4, 0.5) is 0 Å². The van der Waals surface area contributed by atoms with E-state index >= 15 is 0 Å². The molecular weight excluding hydrogens is 192 g/mol. The third kappa shape index (κ3) is 1.89. The molecule has 1 aromatic heterocycles. The number of hydrogen-bond acceptors (Lipinski definition) is 4. The summed E-state index contributed by atoms with van der Waals surface area (Å²) in [5, 5.41) is 16.9. The molecule has 4 nitrogen and oxygen atoms in total. The van der Waals surface area contributed by atoms with Gasteiger partial charge in [-0.25, -0.2) is 0 Å². The maximum absolute atomic E-state index is 9.26. The highest BCUT2D eigenvalue weighted by molar-refractivity contribution is 5.57. The minimum absolute atomic E-state index is 0.244. The fourth-order valence-electron chi connectivity index (χ4n) is 1.33. The lowest BCUT2D eigenvalue weighted by Gasteiger charge is -1.99. The highest BCUT2D eigenvalue weighted by Crippen LogP contribution is 2.23. The highest BCUT2D eigenvalue weighted by atomic mass is 16.4. The molecule has 0 saturated carbocycles. The van der Waals surface area contributed by atoms with Gasteiger partial charge >= 0.3 is 0 Å². The van der Waals surface area contributed by atoms with E-state index in [1.54, 1.807) is 6.92 Å². The van der Waals surface area contributed by atoms with Crippen LogP contribution < -0.4 is 0 Å². The molecule has 15 heavy (non-hydrogen) atoms. The molecule has 1 heterocycles. The molecule has 2 rings (SSSR count). The third-order valence-electron chi connectivity index (χ3n) is 2.17. The van der Waals surface area contributed by atoms with Crippen LogP contribution in [0.5, 0.6) is 0 Å². The minimum atomic E-state index is -0.727. The molecule has 0 aliphatic carbocycles. The molecule has 0 fully saturated rings. The maximum Gasteiger partial charge on any atom is 0.248 e. The average molecular weight is 204 g/mol. The van der Waals surface area contributed by atoms with E-state index in [-0.39, 0.29) is 5.89 Å². The summed E-state index contributed by atoms with van der Waals surface area (Å²) in [4.78, 5) is 0. The first-order chi connectivity index (χ1) is 7.18. The first-order valence-corrected chi connectivity index (χ1v) is 4.76. The van der Waals surface area contributed by atoms with Crippen LogP contribution in [0.3, 0.4) is 0 Å². The van der Waals surface area contributed by atoms with Gasteiger partial charge < -0.3 is 9.52 Å². The van der Waals surface area contributed by atoms with E-state index in [9.17, 15) is 5.11 Å². The van der Waals surface area contributed by atoms with Gasteiger partial charge in [-0.1, -0.05) is 18.2 Å². The Hall–Kier alpha value is -1.68. The molecule has 78 valence electrons. The Labute approximate surface area is 87.6 Å². The van der Waals surface area contributed by atoms with Crippen LogP contribution in [0.1, 0.15) is 24.5 Å². The van der Waals surface area contributed by atoms with Gasteiger partial charge in [0.2, 0.25) is 11.8 Å². The largest absolute Gasteiger partial charge is 0.418 e. The van der Waals surface area contributed by atoms with Crippen molar-refractivity contribution < 1.29 is 9.52 Å². The van der Waals surface area contributed by atoms with Crippen LogP contribution in [-0.2, 0) is 0 Å². The van der Waals surface area contributed by atoms with Gasteiger partial charge in [0.15, 0.2) is 0 Å². The van der Waals surface area contributed by atoms with Gasteiger partial charge in [-0.2, -0.15) is 0 Å². The number of aliphatic hydroxyl groups is 1. The molecule has 0 amide bonds. The van der Waals surface area contributed by atoms with Crippen LogP contribution in [0.2, 0.25) is 0 Å². The van der Waals surface area contributed by atoms with Gasteiger partial charge in [-0.3, -0.25) is 0 Å². The van der Waals surface area contributed by atoms with E-state index in [2.05, 4.69) is 10.2 Å². The van der Waals surface area contributed by atoms with E-state index in [1.165, 1.54) is 0 Å². The molecule has 0 radical (unpaired) electrons. The van der Waals surface area contributed by atoms with Crippen LogP contribution in [0, 0.1) is 6.92 Å². The van der Waals surface area contributed by atoms with E-state index in [1.807, 2.05) is 31.2 Å². The molecular formula is C11H12N2O2. The average Bonchev–Trinajstić information content (AvgIpc) is 2.67. The summed E-state index contributed by atoms with van der Waals surface area (Å²) in [6.45, 7) is 3.57. The van der Waals surface area contributed by atoms with Crippen molar-refractivity contribution in [2.45, 2.75) is 20.0 Å². The summed E-state index contributed by atoms with van der Waals surface area (Å²) < 4.78 is 5.34. The minimum Gasteiger partial charge on any atom is -0.418 e. The van der Waals surface area contributed by atoms with E-state index in [0.717, 1.165) is 11.1 Å². The first kappa shape index (κ1) is 9.86. The van der Waals surface area contributed by atoms with Crippen molar-refractivity contribution in [1.82, 2.24) is 10.2 Å². The standard InChI is InChI=1S/C11H12N2O2/c1-7-5-3-4-6-9(7)11-13-12-10(15-11)8(2)14/h3-6,8,14H,1-2H3. The second-order valence-electron chi connectivity index (χ2n) is 3.44. The van der Waals surface area contributed by atoms with E-state index in [0.29, 0.717) is 5.89 Å². The topological polar surface area (TPSA) is 59.2 Å². The van der Waals surface area contributed by atoms with E-state index < -0.39 is 6.10 Å². The quantitative estimate of drug-likeness (QED) is 0.813. The van der Waals surface area contributed by atoms with Gasteiger partial charge in [-0.15, -0.1) is 10.2 Å². The Morgan fingerprint density at radius 2 is 2.00 bits per heavy atom. The monoisotopic (exact) mass is 204 g/mol. The second-order valence-corrected chi connectivity index (χ2v) is 3.44. The van der Waals surface area contributed by atoms with Crippen LogP contribution in [-0.4, -0.2) is 15.3 Å². The summed E-state index contributed by atoms with van der Waals surface area (Å²) in [6.07, 6.45) is -0.727. The molecule has 1 atom stereocenters. The molecule has 0 bridgehead atoms. The molecule has 1 aromatic carbocycles. The Kier molecular flexibility index (Phi) is 2.51. The van der Waals surface area contributed by atoms with Gasteiger partial charge in [0.1, 0.15) is 6.10 Å². The highest BCUT2D eigenvalue weighted by Gasteiger charge is 2.13. The lowest BCUT2D eigenvalue weighted by molar-refractivity contribution is 0.163. The lowest BCUT2D eigenvalue weighted by Crippen LogP contribution is -1.89. The van der Waals surface area contributed by atoms with Crippen molar-refractivity contribution in [3.63, 3.8) is 0 Å². The number of aryl methyl sites for hydroxylation is 1. The molecule has 0 aliphatic rings. The number of benzene rings is 1. The molecule has 0 aliphatic heterocycles. The first-order valence-electron chi connectivity index (χ1n) is 4.76. The predicted octanol–water partition coefficient (Wildman–Crippen LogP) is 2.10. The number of hydrogen-bond donors (Lipinski definition) is 1. The summed E-state index contributed by atoms with van der Waals surface area (Å²) in [5.74, 6) is 0.692. The maximum atomic E-state index is 9.26. The van der Waals surface area contributed by atoms with Crippen LogP contribution in [0.25, 0.3) is 11.5 Å². The van der Waals surface area contributed by atoms with Crippen molar-refractivity contribution >= 4 is 0 Å². The number of nitrogens with zero attached hydrogens (tertiary/aromatic N) is 2. The fourth-order valence-corrected chi connectivity index (χ4v) is 1.33. The van der Waals surface area contributed by atoms with Crippen molar-refractivity contribution in [1.29, 1.82) is 0 Å². The van der Waals surface area contributed by atoms with Crippen molar-refractivity contribution in [3.05, 3.63) is 35.7 Å². The van der Waals surface area contributed by atoms with E-state index in [4.69, 9.17) is 4.42 Å². The van der Waals surface area contributed by atoms with Gasteiger partial charge in [0.25, 0.3) is 0 Å². The molecule has 1 N–H and O–H groups in total. The van der Waals surface area contributed by atoms with Crippen LogP contribution in [0.15, 0.2) is 28.7 Å². The Morgan fingerprint density at radius 1 is 1.27 bits per heavy atom. The van der Waals surface area contributed by atoms with Crippen LogP contribution >= 0.6 is 0 Å². The lowest BCUT2D eigenvalue weighted by atomic mass is 10.1. The summed E-state index contributed by atoms with van der Waals surface area (Å²) in [7, 11) is 0. The Balaban J connectivity index is 2.42. The zero-order valence-electron chi connectivity index (χ0n) is 8.64. The van der Waals surface area contributed by atoms with Gasteiger partial charge in [-0.05, 0) is 25.5 Å². The predicted molar refractivity (Wildman–Crippen MR) is 55.1 cm³/mol. The zero-order chi connectivity index (χ0) is 10.8. The van der Waals surface area contributed by atoms with Gasteiger partial charge in [0.05, 0.1) is 0 Å². The summed E-state index contributed by atoms with van der Waals surface area (Å²) in [5.41, 5.74) is 1.97. The molecule has 1 unspecified atom stereocenters. The number of aliphatic hydroxyl groups excluding tert-OH is 1. The Bertz CT molecular complexity index is 463. The molecule has 0 spiro atoms. The summed E-state index contributed by atoms with van der Waals surface area (Å²) in [6, 6.07) is 7.75. The number of aromatic nitrogens is 2. The smallest absolute Gasteiger partial charge is 0.248 e. The third-order valence-corrected chi connectivity index (χ3v) is 2.17. The Morgan fingerprint density at radius 3 is 2.60 bits per heavy atom. The van der Waals surface area contributed by atoms with Gasteiger partial charge in [0, 0.05) is 5.56 Å². The van der Waals surface area contributed by atoms with Crippen molar-refractivity contribution in [2.24, 2.45) is 0 Å². The molecule has 4 heteroatoms. The normalized spacial score (nSPS) is 12.7. The SMILES string of the molecule is Cc1ccccc1-c1nnc(C(C)O)o1. The van der Waals surface area contributed by atoms with Crippen molar-refractivity contribution in [2.75, 3.05) is 0 Å². The second kappa shape index (κ2) is 3.82.